The van der Waals surface area contributed by atoms with Gasteiger partial charge < -0.3 is 15.4 Å². The quantitative estimate of drug-likeness (QED) is 0.752. The van der Waals surface area contributed by atoms with E-state index in [0.717, 1.165) is 17.7 Å². The van der Waals surface area contributed by atoms with Crippen molar-refractivity contribution in [3.63, 3.8) is 0 Å². The molecule has 0 saturated heterocycles. The molecule has 0 bridgehead atoms. The van der Waals surface area contributed by atoms with Crippen LogP contribution in [0.5, 0.6) is 5.75 Å². The Morgan fingerprint density at radius 3 is 2.46 bits per heavy atom. The van der Waals surface area contributed by atoms with Crippen molar-refractivity contribution in [2.45, 2.75) is 46.5 Å². The number of carbonyl (C=O) groups excluding carboxylic acids is 1. The number of rotatable bonds is 6. The second-order valence-corrected chi connectivity index (χ2v) is 7.65. The summed E-state index contributed by atoms with van der Waals surface area (Å²) in [7, 11) is 0. The van der Waals surface area contributed by atoms with Crippen LogP contribution < -0.4 is 15.4 Å². The molecule has 0 aliphatic carbocycles. The molecule has 0 radical (unpaired) electrons. The molecule has 0 atom stereocenters. The Balaban J connectivity index is 1.79. The lowest BCUT2D eigenvalue weighted by molar-refractivity contribution is 0.223. The minimum Gasteiger partial charge on any atom is -0.473 e. The van der Waals surface area contributed by atoms with Gasteiger partial charge >= 0.3 is 6.03 Å². The number of hydrogen-bond acceptors (Lipinski definition) is 2. The Hall–Kier alpha value is -2.49. The molecule has 26 heavy (non-hydrogen) atoms. The van der Waals surface area contributed by atoms with Gasteiger partial charge in [0.15, 0.2) is 6.73 Å². The number of urea groups is 1. The van der Waals surface area contributed by atoms with Crippen molar-refractivity contribution in [3.05, 3.63) is 64.7 Å². The number of aryl methyl sites for hydroxylation is 2. The molecule has 4 heteroatoms. The first kappa shape index (κ1) is 19.8. The maximum Gasteiger partial charge on any atom is 0.317 e. The Kier molecular flexibility index (Phi) is 6.67. The van der Waals surface area contributed by atoms with Crippen LogP contribution in [0.4, 0.5) is 4.79 Å². The SMILES string of the molecule is Cc1ccc(OCNC(=O)NCCc2ccccc2C)c(C(C)(C)C)c1. The zero-order valence-electron chi connectivity index (χ0n) is 16.5. The molecule has 2 rings (SSSR count). The Morgan fingerprint density at radius 1 is 1.04 bits per heavy atom. The Labute approximate surface area is 157 Å². The van der Waals surface area contributed by atoms with Crippen molar-refractivity contribution in [2.75, 3.05) is 13.3 Å². The summed E-state index contributed by atoms with van der Waals surface area (Å²) in [6, 6.07) is 14.1. The molecule has 2 amide bonds. The van der Waals surface area contributed by atoms with Gasteiger partial charge in [0.05, 0.1) is 0 Å². The fourth-order valence-electron chi connectivity index (χ4n) is 2.80. The lowest BCUT2D eigenvalue weighted by Crippen LogP contribution is -2.38. The standard InChI is InChI=1S/C22H30N2O2/c1-16-10-11-20(19(14-16)22(3,4)5)26-15-24-21(25)23-13-12-18-9-7-6-8-17(18)2/h6-11,14H,12-13,15H2,1-5H3,(H2,23,24,25). The van der Waals surface area contributed by atoms with E-state index >= 15 is 0 Å². The van der Waals surface area contributed by atoms with Crippen molar-refractivity contribution in [1.29, 1.82) is 0 Å². The van der Waals surface area contributed by atoms with Crippen molar-refractivity contribution in [2.24, 2.45) is 0 Å². The number of benzene rings is 2. The summed E-state index contributed by atoms with van der Waals surface area (Å²) in [6.07, 6.45) is 0.813. The monoisotopic (exact) mass is 354 g/mol. The summed E-state index contributed by atoms with van der Waals surface area (Å²) in [5, 5.41) is 5.62. The predicted molar refractivity (Wildman–Crippen MR) is 107 cm³/mol. The van der Waals surface area contributed by atoms with Crippen molar-refractivity contribution in [3.8, 4) is 5.75 Å². The lowest BCUT2D eigenvalue weighted by atomic mass is 9.85. The van der Waals surface area contributed by atoms with E-state index in [-0.39, 0.29) is 18.2 Å². The lowest BCUT2D eigenvalue weighted by Gasteiger charge is -2.23. The average Bonchev–Trinajstić information content (AvgIpc) is 2.57. The van der Waals surface area contributed by atoms with E-state index in [1.54, 1.807) is 0 Å². The molecule has 0 aromatic heterocycles. The van der Waals surface area contributed by atoms with Gasteiger partial charge in [-0.15, -0.1) is 0 Å². The molecule has 0 unspecified atom stereocenters. The highest BCUT2D eigenvalue weighted by Crippen LogP contribution is 2.31. The van der Waals surface area contributed by atoms with Crippen molar-refractivity contribution >= 4 is 6.03 Å². The largest absolute Gasteiger partial charge is 0.473 e. The van der Waals surface area contributed by atoms with E-state index < -0.39 is 0 Å². The van der Waals surface area contributed by atoms with Crippen LogP contribution in [-0.2, 0) is 11.8 Å². The second-order valence-electron chi connectivity index (χ2n) is 7.65. The van der Waals surface area contributed by atoms with Crippen LogP contribution in [0.3, 0.4) is 0 Å². The van der Waals surface area contributed by atoms with E-state index in [1.807, 2.05) is 24.3 Å². The molecule has 0 heterocycles. The van der Waals surface area contributed by atoms with Gasteiger partial charge in [0.1, 0.15) is 5.75 Å². The second kappa shape index (κ2) is 8.75. The van der Waals surface area contributed by atoms with Crippen molar-refractivity contribution < 1.29 is 9.53 Å². The third-order valence-electron chi connectivity index (χ3n) is 4.34. The fraction of sp³-hybridized carbons (Fsp3) is 0.409. The highest BCUT2D eigenvalue weighted by atomic mass is 16.5. The van der Waals surface area contributed by atoms with Crippen molar-refractivity contribution in [1.82, 2.24) is 10.6 Å². The maximum atomic E-state index is 11.9. The van der Waals surface area contributed by atoms with E-state index in [2.05, 4.69) is 63.5 Å². The van der Waals surface area contributed by atoms with E-state index in [9.17, 15) is 4.79 Å². The van der Waals surface area contributed by atoms with Gasteiger partial charge in [0.25, 0.3) is 0 Å². The van der Waals surface area contributed by atoms with E-state index in [0.29, 0.717) is 6.54 Å². The van der Waals surface area contributed by atoms with Gasteiger partial charge in [-0.3, -0.25) is 0 Å². The summed E-state index contributed by atoms with van der Waals surface area (Å²) in [4.78, 5) is 11.9. The van der Waals surface area contributed by atoms with Crippen LogP contribution in [0.1, 0.15) is 43.0 Å². The van der Waals surface area contributed by atoms with Gasteiger partial charge in [-0.2, -0.15) is 0 Å². The molecule has 4 nitrogen and oxygen atoms in total. The van der Waals surface area contributed by atoms with Crippen LogP contribution in [0, 0.1) is 13.8 Å². The molecule has 0 aliphatic heterocycles. The van der Waals surface area contributed by atoms with E-state index in [4.69, 9.17) is 4.74 Å². The third kappa shape index (κ3) is 5.80. The minimum atomic E-state index is -0.219. The van der Waals surface area contributed by atoms with Gasteiger partial charge in [0.2, 0.25) is 0 Å². The van der Waals surface area contributed by atoms with Gasteiger partial charge in [0, 0.05) is 6.54 Å². The van der Waals surface area contributed by atoms with Crippen LogP contribution in [0.25, 0.3) is 0 Å². The van der Waals surface area contributed by atoms with Crippen LogP contribution in [-0.4, -0.2) is 19.3 Å². The Morgan fingerprint density at radius 2 is 1.77 bits per heavy atom. The zero-order valence-corrected chi connectivity index (χ0v) is 16.5. The maximum absolute atomic E-state index is 11.9. The first-order chi connectivity index (χ1) is 12.3. The number of carbonyl (C=O) groups is 1. The first-order valence-corrected chi connectivity index (χ1v) is 9.07. The molecule has 0 fully saturated rings. The summed E-state index contributed by atoms with van der Waals surface area (Å²) >= 11 is 0. The number of ether oxygens (including phenoxy) is 1. The molecular weight excluding hydrogens is 324 g/mol. The van der Waals surface area contributed by atoms with Crippen LogP contribution in [0.15, 0.2) is 42.5 Å². The molecule has 2 N–H and O–H groups in total. The van der Waals surface area contributed by atoms with E-state index in [1.165, 1.54) is 16.7 Å². The highest BCUT2D eigenvalue weighted by Gasteiger charge is 2.19. The van der Waals surface area contributed by atoms with Crippen LogP contribution >= 0.6 is 0 Å². The smallest absolute Gasteiger partial charge is 0.317 e. The van der Waals surface area contributed by atoms with Gasteiger partial charge in [-0.05, 0) is 48.4 Å². The molecule has 2 aromatic rings. The summed E-state index contributed by atoms with van der Waals surface area (Å²) in [6.45, 7) is 11.3. The van der Waals surface area contributed by atoms with Crippen LogP contribution in [0.2, 0.25) is 0 Å². The minimum absolute atomic E-state index is 0.0167. The normalized spacial score (nSPS) is 11.1. The number of amides is 2. The summed E-state index contributed by atoms with van der Waals surface area (Å²) < 4.78 is 5.80. The third-order valence-corrected chi connectivity index (χ3v) is 4.34. The molecule has 0 aliphatic rings. The molecule has 140 valence electrons. The Bertz CT molecular complexity index is 748. The average molecular weight is 354 g/mol. The number of hydrogen-bond donors (Lipinski definition) is 2. The first-order valence-electron chi connectivity index (χ1n) is 9.07. The molecule has 2 aromatic carbocycles. The number of nitrogens with one attached hydrogen (secondary N) is 2. The summed E-state index contributed by atoms with van der Waals surface area (Å²) in [5.41, 5.74) is 4.81. The molecule has 0 spiro atoms. The fourth-order valence-corrected chi connectivity index (χ4v) is 2.80. The zero-order chi connectivity index (χ0) is 19.2. The van der Waals surface area contributed by atoms with Gasteiger partial charge in [-0.1, -0.05) is 62.7 Å². The summed E-state index contributed by atoms with van der Waals surface area (Å²) in [5.74, 6) is 0.809. The molecular formula is C22H30N2O2. The molecule has 0 saturated carbocycles. The predicted octanol–water partition coefficient (Wildman–Crippen LogP) is 4.48. The highest BCUT2D eigenvalue weighted by molar-refractivity contribution is 5.73. The van der Waals surface area contributed by atoms with Gasteiger partial charge in [-0.25, -0.2) is 4.79 Å². The topological polar surface area (TPSA) is 50.4 Å².